The molecular weight excluding hydrogens is 524 g/mol. The first kappa shape index (κ1) is 25.3. The molecule has 0 aliphatic carbocycles. The average Bonchev–Trinajstić information content (AvgIpc) is 3.29. The molecule has 1 amide bonds. The molecule has 0 fully saturated rings. The van der Waals surface area contributed by atoms with Gasteiger partial charge in [0.15, 0.2) is 18.1 Å². The van der Waals surface area contributed by atoms with Gasteiger partial charge in [0.2, 0.25) is 0 Å². The SMILES string of the molecule is COc1cc(C=NNC(=O)COc2ccc3ccccc3c2)ccc1OC(=O)c1sc2ccccc2c1Cl. The fraction of sp³-hybridized carbons (Fsp3) is 0.0690. The highest BCUT2D eigenvalue weighted by molar-refractivity contribution is 7.21. The van der Waals surface area contributed by atoms with Gasteiger partial charge in [-0.05, 0) is 52.7 Å². The van der Waals surface area contributed by atoms with Crippen LogP contribution in [0.1, 0.15) is 15.2 Å². The van der Waals surface area contributed by atoms with E-state index in [4.69, 9.17) is 25.8 Å². The van der Waals surface area contributed by atoms with E-state index in [2.05, 4.69) is 10.5 Å². The van der Waals surface area contributed by atoms with Crippen LogP contribution in [0.3, 0.4) is 0 Å². The maximum absolute atomic E-state index is 12.8. The molecule has 5 aromatic rings. The van der Waals surface area contributed by atoms with Crippen LogP contribution in [0.5, 0.6) is 17.2 Å². The van der Waals surface area contributed by atoms with Gasteiger partial charge in [0.25, 0.3) is 5.91 Å². The monoisotopic (exact) mass is 544 g/mol. The van der Waals surface area contributed by atoms with Crippen LogP contribution in [0, 0.1) is 0 Å². The fourth-order valence-electron chi connectivity index (χ4n) is 3.76. The van der Waals surface area contributed by atoms with Crippen LogP contribution >= 0.6 is 22.9 Å². The maximum Gasteiger partial charge on any atom is 0.355 e. The first-order valence-corrected chi connectivity index (χ1v) is 12.7. The number of nitrogens with zero attached hydrogens (tertiary/aromatic N) is 1. The van der Waals surface area contributed by atoms with Gasteiger partial charge in [0.1, 0.15) is 10.6 Å². The summed E-state index contributed by atoms with van der Waals surface area (Å²) in [6, 6.07) is 25.9. The number of nitrogens with one attached hydrogen (secondary N) is 1. The lowest BCUT2D eigenvalue weighted by Gasteiger charge is -2.09. The van der Waals surface area contributed by atoms with E-state index in [-0.39, 0.29) is 12.4 Å². The largest absolute Gasteiger partial charge is 0.493 e. The number of ether oxygens (including phenoxy) is 3. The van der Waals surface area contributed by atoms with E-state index in [1.54, 1.807) is 18.2 Å². The van der Waals surface area contributed by atoms with E-state index < -0.39 is 11.9 Å². The zero-order valence-electron chi connectivity index (χ0n) is 20.1. The Morgan fingerprint density at radius 3 is 2.55 bits per heavy atom. The molecule has 1 heterocycles. The minimum absolute atomic E-state index is 0.186. The standard InChI is InChI=1S/C29H21ClN2O5S/c1-35-24-14-18(10-13-23(24)37-29(34)28-27(30)22-8-4-5-9-25(22)38-28)16-31-32-26(33)17-36-21-12-11-19-6-2-3-7-20(19)15-21/h2-16H,17H2,1H3,(H,32,33). The number of halogens is 1. The van der Waals surface area contributed by atoms with Gasteiger partial charge in [-0.25, -0.2) is 10.2 Å². The maximum atomic E-state index is 12.8. The Kier molecular flexibility index (Phi) is 7.53. The number of thiophene rings is 1. The molecule has 4 aromatic carbocycles. The van der Waals surface area contributed by atoms with Crippen LogP contribution in [0.4, 0.5) is 0 Å². The predicted molar refractivity (Wildman–Crippen MR) is 150 cm³/mol. The quantitative estimate of drug-likeness (QED) is 0.105. The number of benzene rings is 4. The van der Waals surface area contributed by atoms with Crippen LogP contribution in [0.25, 0.3) is 20.9 Å². The van der Waals surface area contributed by atoms with Gasteiger partial charge in [0.05, 0.1) is 18.3 Å². The van der Waals surface area contributed by atoms with Crippen LogP contribution in [0.15, 0.2) is 90.0 Å². The van der Waals surface area contributed by atoms with Crippen molar-refractivity contribution in [2.75, 3.05) is 13.7 Å². The van der Waals surface area contributed by atoms with E-state index in [0.717, 1.165) is 20.9 Å². The molecule has 7 nitrogen and oxygen atoms in total. The van der Waals surface area contributed by atoms with Crippen molar-refractivity contribution in [3.63, 3.8) is 0 Å². The summed E-state index contributed by atoms with van der Waals surface area (Å²) in [5, 5.41) is 7.25. The number of amides is 1. The van der Waals surface area contributed by atoms with Crippen molar-refractivity contribution in [1.29, 1.82) is 0 Å². The van der Waals surface area contributed by atoms with Gasteiger partial charge < -0.3 is 14.2 Å². The van der Waals surface area contributed by atoms with Gasteiger partial charge >= 0.3 is 5.97 Å². The second kappa shape index (κ2) is 11.3. The summed E-state index contributed by atoms with van der Waals surface area (Å²) in [7, 11) is 1.46. The van der Waals surface area contributed by atoms with E-state index in [1.807, 2.05) is 66.7 Å². The highest BCUT2D eigenvalue weighted by Gasteiger charge is 2.20. The summed E-state index contributed by atoms with van der Waals surface area (Å²) < 4.78 is 17.4. The van der Waals surface area contributed by atoms with Crippen LogP contribution in [-0.4, -0.2) is 31.8 Å². The van der Waals surface area contributed by atoms with Gasteiger partial charge in [-0.15, -0.1) is 11.3 Å². The van der Waals surface area contributed by atoms with Crippen LogP contribution < -0.4 is 19.6 Å². The Balaban J connectivity index is 1.18. The molecule has 38 heavy (non-hydrogen) atoms. The van der Waals surface area contributed by atoms with Crippen molar-refractivity contribution in [2.45, 2.75) is 0 Å². The highest BCUT2D eigenvalue weighted by atomic mass is 35.5. The third kappa shape index (κ3) is 5.61. The number of hydrogen-bond acceptors (Lipinski definition) is 7. The molecule has 0 saturated carbocycles. The predicted octanol–water partition coefficient (Wildman–Crippen LogP) is 6.46. The molecule has 1 aromatic heterocycles. The third-order valence-corrected chi connectivity index (χ3v) is 7.26. The molecular formula is C29H21ClN2O5S. The molecule has 190 valence electrons. The van der Waals surface area contributed by atoms with Crippen molar-refractivity contribution in [2.24, 2.45) is 5.10 Å². The number of esters is 1. The summed E-state index contributed by atoms with van der Waals surface area (Å²) >= 11 is 7.66. The lowest BCUT2D eigenvalue weighted by atomic mass is 10.1. The van der Waals surface area contributed by atoms with Crippen molar-refractivity contribution in [3.8, 4) is 17.2 Å². The topological polar surface area (TPSA) is 86.2 Å². The Hall–Kier alpha value is -4.40. The van der Waals surface area contributed by atoms with Crippen molar-refractivity contribution in [3.05, 3.63) is 100 Å². The molecule has 0 aliphatic heterocycles. The summed E-state index contributed by atoms with van der Waals surface area (Å²) in [5.41, 5.74) is 3.05. The van der Waals surface area contributed by atoms with E-state index >= 15 is 0 Å². The van der Waals surface area contributed by atoms with Crippen molar-refractivity contribution in [1.82, 2.24) is 5.43 Å². The lowest BCUT2D eigenvalue weighted by molar-refractivity contribution is -0.123. The van der Waals surface area contributed by atoms with Gasteiger partial charge in [-0.1, -0.05) is 60.1 Å². The normalized spacial score (nSPS) is 11.1. The number of fused-ring (bicyclic) bond motifs is 2. The molecule has 0 aliphatic rings. The van der Waals surface area contributed by atoms with E-state index in [0.29, 0.717) is 27.0 Å². The number of rotatable bonds is 8. The Morgan fingerprint density at radius 2 is 1.74 bits per heavy atom. The Labute approximate surface area is 227 Å². The zero-order chi connectivity index (χ0) is 26.5. The minimum atomic E-state index is -0.574. The van der Waals surface area contributed by atoms with E-state index in [9.17, 15) is 9.59 Å². The average molecular weight is 545 g/mol. The van der Waals surface area contributed by atoms with Crippen molar-refractivity contribution < 1.29 is 23.8 Å². The van der Waals surface area contributed by atoms with Gasteiger partial charge in [-0.2, -0.15) is 5.10 Å². The summed E-state index contributed by atoms with van der Waals surface area (Å²) in [6.07, 6.45) is 1.45. The number of hydrazone groups is 1. The Bertz CT molecular complexity index is 1680. The number of methoxy groups -OCH3 is 1. The second-order valence-corrected chi connectivity index (χ2v) is 9.56. The second-order valence-electron chi connectivity index (χ2n) is 8.13. The number of hydrogen-bond donors (Lipinski definition) is 1. The molecule has 0 atom stereocenters. The molecule has 0 bridgehead atoms. The van der Waals surface area contributed by atoms with Crippen LogP contribution in [-0.2, 0) is 4.79 Å². The fourth-order valence-corrected chi connectivity index (χ4v) is 5.14. The molecule has 0 unspecified atom stereocenters. The molecule has 0 radical (unpaired) electrons. The molecule has 0 saturated heterocycles. The van der Waals surface area contributed by atoms with Gasteiger partial charge in [-0.3, -0.25) is 4.79 Å². The number of carbonyl (C=O) groups excluding carboxylic acids is 2. The third-order valence-electron chi connectivity index (χ3n) is 5.60. The van der Waals surface area contributed by atoms with Crippen LogP contribution in [0.2, 0.25) is 5.02 Å². The number of carbonyl (C=O) groups is 2. The summed E-state index contributed by atoms with van der Waals surface area (Å²) in [6.45, 7) is -0.186. The summed E-state index contributed by atoms with van der Waals surface area (Å²) in [4.78, 5) is 25.3. The smallest absolute Gasteiger partial charge is 0.355 e. The van der Waals surface area contributed by atoms with Crippen molar-refractivity contribution >= 4 is 61.9 Å². The first-order valence-electron chi connectivity index (χ1n) is 11.5. The molecule has 9 heteroatoms. The molecule has 5 rings (SSSR count). The zero-order valence-corrected chi connectivity index (χ0v) is 21.7. The minimum Gasteiger partial charge on any atom is -0.493 e. The summed E-state index contributed by atoms with van der Waals surface area (Å²) in [5.74, 6) is 0.165. The Morgan fingerprint density at radius 1 is 0.947 bits per heavy atom. The first-order chi connectivity index (χ1) is 18.5. The molecule has 0 spiro atoms. The lowest BCUT2D eigenvalue weighted by Crippen LogP contribution is -2.24. The molecule has 1 N–H and O–H groups in total. The van der Waals surface area contributed by atoms with E-state index in [1.165, 1.54) is 24.7 Å². The van der Waals surface area contributed by atoms with Gasteiger partial charge in [0, 0.05) is 10.1 Å². The highest BCUT2D eigenvalue weighted by Crippen LogP contribution is 2.37.